The zero-order valence-electron chi connectivity index (χ0n) is 11.4. The van der Waals surface area contributed by atoms with Crippen molar-refractivity contribution in [1.82, 2.24) is 5.32 Å². The van der Waals surface area contributed by atoms with Crippen LogP contribution in [0.2, 0.25) is 10.0 Å². The van der Waals surface area contributed by atoms with Gasteiger partial charge in [-0.1, -0.05) is 53.5 Å². The van der Waals surface area contributed by atoms with Crippen molar-refractivity contribution in [2.24, 2.45) is 0 Å². The first-order valence-corrected chi connectivity index (χ1v) is 7.44. The van der Waals surface area contributed by atoms with Crippen LogP contribution in [-0.2, 0) is 11.2 Å². The molecule has 0 bridgehead atoms. The highest BCUT2D eigenvalue weighted by Crippen LogP contribution is 2.28. The predicted octanol–water partition coefficient (Wildman–Crippen LogP) is 3.66. The Balaban J connectivity index is 1.85. The number of nitrogens with zero attached hydrogens (tertiary/aromatic N) is 1. The van der Waals surface area contributed by atoms with Crippen molar-refractivity contribution in [3.63, 3.8) is 0 Å². The summed E-state index contributed by atoms with van der Waals surface area (Å²) in [5.74, 6) is -0.313. The third kappa shape index (κ3) is 2.93. The summed E-state index contributed by atoms with van der Waals surface area (Å²) in [6.45, 7) is 0. The molecule has 1 aliphatic rings. The summed E-state index contributed by atoms with van der Waals surface area (Å²) in [5, 5.41) is 3.43. The molecule has 1 aliphatic heterocycles. The van der Waals surface area contributed by atoms with Crippen molar-refractivity contribution in [2.75, 3.05) is 4.90 Å². The van der Waals surface area contributed by atoms with Crippen molar-refractivity contribution in [1.29, 1.82) is 0 Å². The van der Waals surface area contributed by atoms with Crippen LogP contribution in [0, 0.1) is 0 Å². The van der Waals surface area contributed by atoms with Gasteiger partial charge in [-0.25, -0.2) is 9.69 Å². The molecule has 0 aliphatic carbocycles. The minimum absolute atomic E-state index is 0.313. The molecule has 1 heterocycles. The second kappa shape index (κ2) is 5.99. The molecule has 1 saturated heterocycles. The molecule has 3 rings (SSSR count). The molecule has 0 spiro atoms. The molecule has 4 nitrogen and oxygen atoms in total. The van der Waals surface area contributed by atoms with E-state index in [1.165, 1.54) is 12.1 Å². The molecule has 0 saturated carbocycles. The minimum atomic E-state index is -0.590. The van der Waals surface area contributed by atoms with Gasteiger partial charge in [-0.05, 0) is 23.8 Å². The van der Waals surface area contributed by atoms with E-state index < -0.39 is 12.1 Å². The molecule has 22 heavy (non-hydrogen) atoms. The highest BCUT2D eigenvalue weighted by molar-refractivity contribution is 6.35. The third-order valence-electron chi connectivity index (χ3n) is 3.41. The van der Waals surface area contributed by atoms with E-state index in [2.05, 4.69) is 5.32 Å². The first-order valence-electron chi connectivity index (χ1n) is 6.69. The molecule has 3 amide bonds. The summed E-state index contributed by atoms with van der Waals surface area (Å²) in [7, 11) is 0. The number of hydrogen-bond donors (Lipinski definition) is 1. The highest BCUT2D eigenvalue weighted by Gasteiger charge is 2.39. The summed E-state index contributed by atoms with van der Waals surface area (Å²) >= 11 is 11.9. The lowest BCUT2D eigenvalue weighted by atomic mass is 10.1. The Labute approximate surface area is 137 Å². The van der Waals surface area contributed by atoms with E-state index in [1.54, 1.807) is 6.07 Å². The Kier molecular flexibility index (Phi) is 4.05. The molecule has 1 unspecified atom stereocenters. The minimum Gasteiger partial charge on any atom is -0.325 e. The van der Waals surface area contributed by atoms with Gasteiger partial charge < -0.3 is 5.32 Å². The number of amides is 3. The maximum absolute atomic E-state index is 12.5. The average molecular weight is 335 g/mol. The van der Waals surface area contributed by atoms with Gasteiger partial charge in [0, 0.05) is 16.5 Å². The monoisotopic (exact) mass is 334 g/mol. The van der Waals surface area contributed by atoms with E-state index in [9.17, 15) is 9.59 Å². The number of halogens is 2. The molecule has 2 aromatic carbocycles. The molecule has 112 valence electrons. The molecule has 2 aromatic rings. The highest BCUT2D eigenvalue weighted by atomic mass is 35.5. The van der Waals surface area contributed by atoms with Crippen LogP contribution in [0.5, 0.6) is 0 Å². The number of benzene rings is 2. The van der Waals surface area contributed by atoms with E-state index in [1.807, 2.05) is 30.3 Å². The number of carbonyl (C=O) groups is 2. The van der Waals surface area contributed by atoms with Crippen molar-refractivity contribution in [3.8, 4) is 0 Å². The Bertz CT molecular complexity index is 714. The number of hydrogen-bond acceptors (Lipinski definition) is 2. The normalized spacial score (nSPS) is 17.7. The van der Waals surface area contributed by atoms with Gasteiger partial charge in [0.2, 0.25) is 0 Å². The Hall–Kier alpha value is -2.04. The predicted molar refractivity (Wildman–Crippen MR) is 86.4 cm³/mol. The quantitative estimate of drug-likeness (QED) is 0.871. The fraction of sp³-hybridized carbons (Fsp3) is 0.125. The van der Waals surface area contributed by atoms with Gasteiger partial charge in [-0.15, -0.1) is 0 Å². The van der Waals surface area contributed by atoms with Gasteiger partial charge >= 0.3 is 6.03 Å². The van der Waals surface area contributed by atoms with Gasteiger partial charge in [0.05, 0.1) is 5.69 Å². The summed E-state index contributed by atoms with van der Waals surface area (Å²) in [5.41, 5.74) is 1.35. The first kappa shape index (κ1) is 14.9. The molecular formula is C16H12Cl2N2O2. The molecule has 1 N–H and O–H groups in total. The lowest BCUT2D eigenvalue weighted by molar-refractivity contribution is -0.118. The first-order chi connectivity index (χ1) is 10.5. The van der Waals surface area contributed by atoms with E-state index in [0.29, 0.717) is 22.2 Å². The number of rotatable bonds is 3. The SMILES string of the molecule is O=C1NC(Cc2ccccc2)C(=O)N1c1cc(Cl)cc(Cl)c1. The second-order valence-corrected chi connectivity index (χ2v) is 5.87. The number of imide groups is 1. The summed E-state index contributed by atoms with van der Waals surface area (Å²) in [6, 6.07) is 13.1. The fourth-order valence-corrected chi connectivity index (χ4v) is 2.95. The number of urea groups is 1. The lowest BCUT2D eigenvalue weighted by Crippen LogP contribution is -2.32. The Morgan fingerprint density at radius 1 is 1.00 bits per heavy atom. The summed E-state index contributed by atoms with van der Waals surface area (Å²) in [4.78, 5) is 25.7. The summed E-state index contributed by atoms with van der Waals surface area (Å²) < 4.78 is 0. The topological polar surface area (TPSA) is 49.4 Å². The van der Waals surface area contributed by atoms with Crippen molar-refractivity contribution < 1.29 is 9.59 Å². The zero-order chi connectivity index (χ0) is 15.7. The van der Waals surface area contributed by atoms with Gasteiger partial charge in [-0.3, -0.25) is 4.79 Å². The van der Waals surface area contributed by atoms with Crippen LogP contribution in [0.15, 0.2) is 48.5 Å². The standard InChI is InChI=1S/C16H12Cl2N2O2/c17-11-7-12(18)9-13(8-11)20-15(21)14(19-16(20)22)6-10-4-2-1-3-5-10/h1-5,7-9,14H,6H2,(H,19,22). The van der Waals surface area contributed by atoms with E-state index in [0.717, 1.165) is 10.5 Å². The lowest BCUT2D eigenvalue weighted by Gasteiger charge is -2.14. The smallest absolute Gasteiger partial charge is 0.325 e. The second-order valence-electron chi connectivity index (χ2n) is 4.99. The number of nitrogens with one attached hydrogen (secondary N) is 1. The van der Waals surface area contributed by atoms with E-state index >= 15 is 0 Å². The van der Waals surface area contributed by atoms with Gasteiger partial charge in [-0.2, -0.15) is 0 Å². The van der Waals surface area contributed by atoms with Crippen LogP contribution in [-0.4, -0.2) is 18.0 Å². The third-order valence-corrected chi connectivity index (χ3v) is 3.84. The molecule has 6 heteroatoms. The molecular weight excluding hydrogens is 323 g/mol. The van der Waals surface area contributed by atoms with Crippen LogP contribution in [0.3, 0.4) is 0 Å². The van der Waals surface area contributed by atoms with Crippen LogP contribution >= 0.6 is 23.2 Å². The number of anilines is 1. The Morgan fingerprint density at radius 3 is 2.27 bits per heavy atom. The molecule has 1 atom stereocenters. The van der Waals surface area contributed by atoms with Crippen LogP contribution in [0.1, 0.15) is 5.56 Å². The van der Waals surface area contributed by atoms with Crippen LogP contribution < -0.4 is 10.2 Å². The number of carbonyl (C=O) groups excluding carboxylic acids is 2. The van der Waals surface area contributed by atoms with Crippen LogP contribution in [0.4, 0.5) is 10.5 Å². The van der Waals surface area contributed by atoms with Gasteiger partial charge in [0.1, 0.15) is 6.04 Å². The van der Waals surface area contributed by atoms with Crippen molar-refractivity contribution in [2.45, 2.75) is 12.5 Å². The van der Waals surface area contributed by atoms with E-state index in [4.69, 9.17) is 23.2 Å². The summed E-state index contributed by atoms with van der Waals surface area (Å²) in [6.07, 6.45) is 0.441. The van der Waals surface area contributed by atoms with Crippen molar-refractivity contribution in [3.05, 3.63) is 64.1 Å². The van der Waals surface area contributed by atoms with Crippen LogP contribution in [0.25, 0.3) is 0 Å². The van der Waals surface area contributed by atoms with E-state index in [-0.39, 0.29) is 5.91 Å². The fourth-order valence-electron chi connectivity index (χ4n) is 2.43. The zero-order valence-corrected chi connectivity index (χ0v) is 12.9. The van der Waals surface area contributed by atoms with Gasteiger partial charge in [0.15, 0.2) is 0 Å². The largest absolute Gasteiger partial charge is 0.329 e. The maximum Gasteiger partial charge on any atom is 0.329 e. The molecule has 0 aromatic heterocycles. The van der Waals surface area contributed by atoms with Gasteiger partial charge in [0.25, 0.3) is 5.91 Å². The average Bonchev–Trinajstić information content (AvgIpc) is 2.73. The Morgan fingerprint density at radius 2 is 1.64 bits per heavy atom. The van der Waals surface area contributed by atoms with Crippen molar-refractivity contribution >= 4 is 40.8 Å². The molecule has 1 fully saturated rings. The maximum atomic E-state index is 12.5. The molecule has 0 radical (unpaired) electrons.